The number of anilines is 1. The zero-order valence-corrected chi connectivity index (χ0v) is 13.2. The molecule has 2 aromatic heterocycles. The Bertz CT molecular complexity index is 835. The summed E-state index contributed by atoms with van der Waals surface area (Å²) in [6.07, 6.45) is 4.24. The number of benzene rings is 1. The van der Waals surface area contributed by atoms with Crippen LogP contribution < -0.4 is 10.2 Å². The molecular weight excluding hydrogens is 310 g/mol. The first kappa shape index (κ1) is 14.1. The van der Waals surface area contributed by atoms with Crippen LogP contribution in [0.3, 0.4) is 0 Å². The van der Waals surface area contributed by atoms with Crippen LogP contribution in [-0.2, 0) is 0 Å². The summed E-state index contributed by atoms with van der Waals surface area (Å²) in [6.45, 7) is 1.68. The molecule has 0 spiro atoms. The number of aromatic nitrogens is 3. The molecule has 0 radical (unpaired) electrons. The van der Waals surface area contributed by atoms with E-state index in [1.54, 1.807) is 17.5 Å². The van der Waals surface area contributed by atoms with E-state index in [0.29, 0.717) is 5.69 Å². The molecule has 1 fully saturated rings. The summed E-state index contributed by atoms with van der Waals surface area (Å²) >= 11 is 1.62. The van der Waals surface area contributed by atoms with Gasteiger partial charge in [0.2, 0.25) is 0 Å². The van der Waals surface area contributed by atoms with Crippen molar-refractivity contribution in [3.8, 4) is 0 Å². The number of thiazole rings is 1. The monoisotopic (exact) mass is 325 g/mol. The van der Waals surface area contributed by atoms with Crippen molar-refractivity contribution in [3.05, 3.63) is 47.7 Å². The van der Waals surface area contributed by atoms with Gasteiger partial charge in [0.1, 0.15) is 5.69 Å². The second-order valence-corrected chi connectivity index (χ2v) is 6.34. The highest BCUT2D eigenvalue weighted by molar-refractivity contribution is 7.13. The third-order valence-corrected chi connectivity index (χ3v) is 4.73. The predicted molar refractivity (Wildman–Crippen MR) is 89.7 cm³/mol. The minimum Gasteiger partial charge on any atom is -0.346 e. The van der Waals surface area contributed by atoms with E-state index < -0.39 is 0 Å². The van der Waals surface area contributed by atoms with E-state index in [4.69, 9.17) is 0 Å². The van der Waals surface area contributed by atoms with Crippen LogP contribution in [0.2, 0.25) is 0 Å². The van der Waals surface area contributed by atoms with Crippen LogP contribution in [0.25, 0.3) is 11.0 Å². The Balaban J connectivity index is 1.45. The van der Waals surface area contributed by atoms with Crippen LogP contribution in [0.4, 0.5) is 5.13 Å². The summed E-state index contributed by atoms with van der Waals surface area (Å²) in [6, 6.07) is 7.65. The van der Waals surface area contributed by atoms with Crippen molar-refractivity contribution in [2.45, 2.75) is 12.5 Å². The van der Waals surface area contributed by atoms with Crippen LogP contribution in [0.1, 0.15) is 16.9 Å². The fraction of sp³-hybridized carbons (Fsp3) is 0.250. The first-order valence-electron chi connectivity index (χ1n) is 7.47. The van der Waals surface area contributed by atoms with Crippen LogP contribution in [0.5, 0.6) is 0 Å². The Hall–Kier alpha value is -2.54. The molecule has 0 saturated carbocycles. The number of hydrogen-bond acceptors (Lipinski definition) is 6. The topological polar surface area (TPSA) is 71.0 Å². The lowest BCUT2D eigenvalue weighted by Gasteiger charge is -2.15. The van der Waals surface area contributed by atoms with Gasteiger partial charge in [-0.25, -0.2) is 9.97 Å². The van der Waals surface area contributed by atoms with Gasteiger partial charge in [0.25, 0.3) is 5.91 Å². The summed E-state index contributed by atoms with van der Waals surface area (Å²) < 4.78 is 0. The predicted octanol–water partition coefficient (Wildman–Crippen LogP) is 2.09. The molecule has 1 amide bonds. The first-order valence-corrected chi connectivity index (χ1v) is 8.35. The smallest absolute Gasteiger partial charge is 0.271 e. The number of nitrogens with zero attached hydrogens (tertiary/aromatic N) is 4. The molecule has 23 heavy (non-hydrogen) atoms. The van der Waals surface area contributed by atoms with E-state index >= 15 is 0 Å². The molecule has 7 heteroatoms. The maximum Gasteiger partial charge on any atom is 0.271 e. The van der Waals surface area contributed by atoms with Gasteiger partial charge in [-0.1, -0.05) is 12.1 Å². The Morgan fingerprint density at radius 2 is 2.13 bits per heavy atom. The number of para-hydroxylation sites is 2. The van der Waals surface area contributed by atoms with Gasteiger partial charge >= 0.3 is 0 Å². The van der Waals surface area contributed by atoms with Crippen molar-refractivity contribution in [2.24, 2.45) is 0 Å². The zero-order chi connectivity index (χ0) is 15.6. The largest absolute Gasteiger partial charge is 0.346 e. The molecule has 4 rings (SSSR count). The van der Waals surface area contributed by atoms with Gasteiger partial charge in [0.05, 0.1) is 17.2 Å². The first-order chi connectivity index (χ1) is 11.3. The highest BCUT2D eigenvalue weighted by atomic mass is 32.1. The van der Waals surface area contributed by atoms with E-state index in [-0.39, 0.29) is 11.9 Å². The van der Waals surface area contributed by atoms with Gasteiger partial charge < -0.3 is 10.2 Å². The van der Waals surface area contributed by atoms with E-state index in [9.17, 15) is 4.79 Å². The zero-order valence-electron chi connectivity index (χ0n) is 12.3. The quantitative estimate of drug-likeness (QED) is 0.798. The third-order valence-electron chi connectivity index (χ3n) is 3.89. The van der Waals surface area contributed by atoms with Gasteiger partial charge in [-0.15, -0.1) is 11.3 Å². The van der Waals surface area contributed by atoms with Gasteiger partial charge in [-0.2, -0.15) is 0 Å². The maximum atomic E-state index is 12.4. The second kappa shape index (κ2) is 5.92. The average Bonchev–Trinajstić information content (AvgIpc) is 3.25. The Morgan fingerprint density at radius 3 is 2.96 bits per heavy atom. The van der Waals surface area contributed by atoms with E-state index in [1.807, 2.05) is 29.6 Å². The Morgan fingerprint density at radius 1 is 1.26 bits per heavy atom. The Kier molecular flexibility index (Phi) is 3.63. The molecule has 6 nitrogen and oxygen atoms in total. The molecule has 3 aromatic rings. The minimum atomic E-state index is -0.172. The third kappa shape index (κ3) is 2.87. The number of carbonyl (C=O) groups excluding carboxylic acids is 1. The molecule has 116 valence electrons. The number of fused-ring (bicyclic) bond motifs is 1. The van der Waals surface area contributed by atoms with Crippen molar-refractivity contribution in [1.82, 2.24) is 20.3 Å². The fourth-order valence-electron chi connectivity index (χ4n) is 2.75. The number of rotatable bonds is 3. The van der Waals surface area contributed by atoms with Crippen molar-refractivity contribution in [2.75, 3.05) is 18.0 Å². The highest BCUT2D eigenvalue weighted by Gasteiger charge is 2.26. The average molecular weight is 325 g/mol. The molecule has 0 bridgehead atoms. The van der Waals surface area contributed by atoms with Crippen LogP contribution in [-0.4, -0.2) is 40.0 Å². The normalized spacial score (nSPS) is 17.6. The SMILES string of the molecule is O=C(N[C@H]1CCN(c2nccs2)C1)c1cnc2ccccc2n1. The van der Waals surface area contributed by atoms with Crippen molar-refractivity contribution >= 4 is 33.4 Å². The highest BCUT2D eigenvalue weighted by Crippen LogP contribution is 2.22. The summed E-state index contributed by atoms with van der Waals surface area (Å²) in [4.78, 5) is 27.6. The summed E-state index contributed by atoms with van der Waals surface area (Å²) in [7, 11) is 0. The lowest BCUT2D eigenvalue weighted by molar-refractivity contribution is 0.0935. The van der Waals surface area contributed by atoms with Crippen LogP contribution in [0.15, 0.2) is 42.0 Å². The molecule has 1 atom stereocenters. The second-order valence-electron chi connectivity index (χ2n) is 5.46. The van der Waals surface area contributed by atoms with E-state index in [1.165, 1.54) is 6.20 Å². The van der Waals surface area contributed by atoms with Crippen molar-refractivity contribution in [3.63, 3.8) is 0 Å². The number of nitrogens with one attached hydrogen (secondary N) is 1. The van der Waals surface area contributed by atoms with E-state index in [0.717, 1.165) is 35.7 Å². The number of hydrogen-bond donors (Lipinski definition) is 1. The van der Waals surface area contributed by atoms with E-state index in [2.05, 4.69) is 25.2 Å². The van der Waals surface area contributed by atoms with Crippen LogP contribution >= 0.6 is 11.3 Å². The molecule has 1 saturated heterocycles. The maximum absolute atomic E-state index is 12.4. The van der Waals surface area contributed by atoms with Gasteiger partial charge in [-0.3, -0.25) is 9.78 Å². The fourth-order valence-corrected chi connectivity index (χ4v) is 3.43. The van der Waals surface area contributed by atoms with Crippen LogP contribution in [0, 0.1) is 0 Å². The molecule has 1 aliphatic rings. The lowest BCUT2D eigenvalue weighted by atomic mass is 10.2. The molecule has 0 aliphatic carbocycles. The molecule has 0 unspecified atom stereocenters. The molecular formula is C16H15N5OS. The van der Waals surface area contributed by atoms with Gasteiger partial charge in [-0.05, 0) is 18.6 Å². The number of amides is 1. The molecule has 1 aromatic carbocycles. The van der Waals surface area contributed by atoms with Gasteiger partial charge in [0.15, 0.2) is 5.13 Å². The summed E-state index contributed by atoms with van der Waals surface area (Å²) in [5.74, 6) is -0.172. The van der Waals surface area contributed by atoms with Crippen molar-refractivity contribution < 1.29 is 4.79 Å². The van der Waals surface area contributed by atoms with Crippen molar-refractivity contribution in [1.29, 1.82) is 0 Å². The minimum absolute atomic E-state index is 0.111. The van der Waals surface area contributed by atoms with Gasteiger partial charge in [0, 0.05) is 30.7 Å². The molecule has 1 aliphatic heterocycles. The summed E-state index contributed by atoms with van der Waals surface area (Å²) in [5.41, 5.74) is 1.88. The standard InChI is InChI=1S/C16H15N5OS/c22-15(14-9-18-12-3-1-2-4-13(12)20-14)19-11-5-7-21(10-11)16-17-6-8-23-16/h1-4,6,8-9,11H,5,7,10H2,(H,19,22)/t11-/m0/s1. The molecule has 1 N–H and O–H groups in total. The molecule has 3 heterocycles. The summed E-state index contributed by atoms with van der Waals surface area (Å²) in [5, 5.41) is 6.02. The lowest BCUT2D eigenvalue weighted by Crippen LogP contribution is -2.37. The Labute approximate surface area is 137 Å². The number of carbonyl (C=O) groups is 1.